The molecular formula is C17H18FN3O. The number of benzene rings is 2. The van der Waals surface area contributed by atoms with Crippen molar-refractivity contribution >= 4 is 17.8 Å². The fourth-order valence-corrected chi connectivity index (χ4v) is 1.78. The maximum atomic E-state index is 12.8. The molecule has 0 radical (unpaired) electrons. The van der Waals surface area contributed by atoms with Crippen molar-refractivity contribution in [3.05, 3.63) is 65.5 Å². The van der Waals surface area contributed by atoms with Crippen molar-refractivity contribution < 1.29 is 9.18 Å². The Morgan fingerprint density at radius 3 is 2.41 bits per heavy atom. The summed E-state index contributed by atoms with van der Waals surface area (Å²) in [5.74, 6) is -0.559. The minimum atomic E-state index is -0.423. The molecule has 0 saturated carbocycles. The molecule has 0 aromatic heterocycles. The molecule has 0 spiro atoms. The number of rotatable bonds is 5. The van der Waals surface area contributed by atoms with Crippen molar-refractivity contribution in [3.63, 3.8) is 0 Å². The van der Waals surface area contributed by atoms with Gasteiger partial charge in [-0.3, -0.25) is 4.79 Å². The van der Waals surface area contributed by atoms with Gasteiger partial charge in [-0.1, -0.05) is 29.8 Å². The first kappa shape index (κ1) is 15.7. The Morgan fingerprint density at radius 1 is 1.14 bits per heavy atom. The van der Waals surface area contributed by atoms with Crippen LogP contribution in [0.25, 0.3) is 0 Å². The van der Waals surface area contributed by atoms with Crippen LogP contribution < -0.4 is 10.7 Å². The molecule has 2 aromatic rings. The molecule has 0 bridgehead atoms. The summed E-state index contributed by atoms with van der Waals surface area (Å²) in [7, 11) is 0. The Morgan fingerprint density at radius 2 is 1.77 bits per heavy atom. The molecular weight excluding hydrogens is 281 g/mol. The zero-order valence-corrected chi connectivity index (χ0v) is 12.5. The third-order valence-electron chi connectivity index (χ3n) is 3.09. The van der Waals surface area contributed by atoms with Crippen LogP contribution in [0, 0.1) is 12.7 Å². The number of nitrogens with one attached hydrogen (secondary N) is 2. The highest BCUT2D eigenvalue weighted by atomic mass is 19.1. The highest BCUT2D eigenvalue weighted by Gasteiger charge is 2.11. The second-order valence-electron chi connectivity index (χ2n) is 5.02. The second-order valence-corrected chi connectivity index (χ2v) is 5.02. The van der Waals surface area contributed by atoms with Crippen LogP contribution in [0.15, 0.2) is 53.6 Å². The minimum absolute atomic E-state index is 0.251. The standard InChI is InChI=1S/C17H18FN3O/c1-12-3-9-16(10-4-12)20-13(2)17(22)21-19-11-14-5-7-15(18)8-6-14/h3-11,13,20H,1-2H3,(H,21,22)/b19-11-/t13-/m1/s1. The summed E-state index contributed by atoms with van der Waals surface area (Å²) in [5, 5.41) is 6.95. The van der Waals surface area contributed by atoms with E-state index in [1.165, 1.54) is 18.3 Å². The number of nitrogens with zero attached hydrogens (tertiary/aromatic N) is 1. The molecule has 114 valence electrons. The van der Waals surface area contributed by atoms with Crippen molar-refractivity contribution in [3.8, 4) is 0 Å². The van der Waals surface area contributed by atoms with Crippen LogP contribution in [-0.4, -0.2) is 18.2 Å². The van der Waals surface area contributed by atoms with Crippen molar-refractivity contribution in [1.29, 1.82) is 0 Å². The van der Waals surface area contributed by atoms with E-state index in [1.807, 2.05) is 31.2 Å². The number of hydrazone groups is 1. The van der Waals surface area contributed by atoms with Gasteiger partial charge in [0, 0.05) is 5.69 Å². The summed E-state index contributed by atoms with van der Waals surface area (Å²) in [4.78, 5) is 11.9. The number of halogens is 1. The van der Waals surface area contributed by atoms with E-state index in [1.54, 1.807) is 19.1 Å². The summed E-state index contributed by atoms with van der Waals surface area (Å²) >= 11 is 0. The van der Waals surface area contributed by atoms with Gasteiger partial charge in [-0.25, -0.2) is 9.82 Å². The number of hydrogen-bond donors (Lipinski definition) is 2. The van der Waals surface area contributed by atoms with Crippen molar-refractivity contribution in [2.24, 2.45) is 5.10 Å². The first-order valence-electron chi connectivity index (χ1n) is 6.96. The Hall–Kier alpha value is -2.69. The molecule has 0 aliphatic rings. The molecule has 0 heterocycles. The molecule has 0 aliphatic heterocycles. The summed E-state index contributed by atoms with van der Waals surface area (Å²) in [5.41, 5.74) is 5.19. The monoisotopic (exact) mass is 299 g/mol. The smallest absolute Gasteiger partial charge is 0.262 e. The van der Waals surface area contributed by atoms with Gasteiger partial charge in [0.2, 0.25) is 0 Å². The number of carbonyl (C=O) groups excluding carboxylic acids is 1. The third kappa shape index (κ3) is 4.70. The summed E-state index contributed by atoms with van der Waals surface area (Å²) in [6.07, 6.45) is 1.47. The van der Waals surface area contributed by atoms with E-state index in [2.05, 4.69) is 15.8 Å². The van der Waals surface area contributed by atoms with Gasteiger partial charge >= 0.3 is 0 Å². The number of anilines is 1. The molecule has 1 amide bonds. The van der Waals surface area contributed by atoms with Gasteiger partial charge in [-0.15, -0.1) is 0 Å². The largest absolute Gasteiger partial charge is 0.374 e. The van der Waals surface area contributed by atoms with E-state index in [0.717, 1.165) is 11.3 Å². The van der Waals surface area contributed by atoms with Gasteiger partial charge in [0.05, 0.1) is 6.21 Å². The molecule has 0 aliphatic carbocycles. The van der Waals surface area contributed by atoms with Crippen LogP contribution in [0.4, 0.5) is 10.1 Å². The first-order valence-corrected chi connectivity index (χ1v) is 6.96. The van der Waals surface area contributed by atoms with Gasteiger partial charge < -0.3 is 5.32 Å². The Bertz CT molecular complexity index is 651. The molecule has 2 aromatic carbocycles. The van der Waals surface area contributed by atoms with E-state index < -0.39 is 6.04 Å². The van der Waals surface area contributed by atoms with Crippen LogP contribution >= 0.6 is 0 Å². The van der Waals surface area contributed by atoms with E-state index in [-0.39, 0.29) is 11.7 Å². The predicted octanol–water partition coefficient (Wildman–Crippen LogP) is 3.08. The molecule has 0 saturated heterocycles. The predicted molar refractivity (Wildman–Crippen MR) is 86.4 cm³/mol. The minimum Gasteiger partial charge on any atom is -0.374 e. The summed E-state index contributed by atoms with van der Waals surface area (Å²) < 4.78 is 12.8. The van der Waals surface area contributed by atoms with Gasteiger partial charge in [0.25, 0.3) is 5.91 Å². The van der Waals surface area contributed by atoms with E-state index in [0.29, 0.717) is 5.56 Å². The highest BCUT2D eigenvalue weighted by Crippen LogP contribution is 2.09. The van der Waals surface area contributed by atoms with Crippen LogP contribution in [0.2, 0.25) is 0 Å². The maximum absolute atomic E-state index is 12.8. The lowest BCUT2D eigenvalue weighted by Gasteiger charge is -2.13. The van der Waals surface area contributed by atoms with Crippen molar-refractivity contribution in [1.82, 2.24) is 5.43 Å². The fraction of sp³-hybridized carbons (Fsp3) is 0.176. The number of carbonyl (C=O) groups is 1. The van der Waals surface area contributed by atoms with Crippen molar-refractivity contribution in [2.45, 2.75) is 19.9 Å². The van der Waals surface area contributed by atoms with Gasteiger partial charge in [-0.05, 0) is 43.7 Å². The van der Waals surface area contributed by atoms with Gasteiger partial charge in [0.1, 0.15) is 11.9 Å². The lowest BCUT2D eigenvalue weighted by Crippen LogP contribution is -2.34. The van der Waals surface area contributed by atoms with Crippen LogP contribution in [-0.2, 0) is 4.79 Å². The van der Waals surface area contributed by atoms with Crippen LogP contribution in [0.1, 0.15) is 18.1 Å². The Labute approximate surface area is 129 Å². The lowest BCUT2D eigenvalue weighted by atomic mass is 10.2. The first-order chi connectivity index (χ1) is 10.5. The summed E-state index contributed by atoms with van der Waals surface area (Å²) in [6, 6.07) is 13.2. The zero-order chi connectivity index (χ0) is 15.9. The van der Waals surface area contributed by atoms with Crippen LogP contribution in [0.5, 0.6) is 0 Å². The molecule has 4 nitrogen and oxygen atoms in total. The van der Waals surface area contributed by atoms with Crippen LogP contribution in [0.3, 0.4) is 0 Å². The normalized spacial score (nSPS) is 12.1. The lowest BCUT2D eigenvalue weighted by molar-refractivity contribution is -0.121. The highest BCUT2D eigenvalue weighted by molar-refractivity contribution is 5.86. The van der Waals surface area contributed by atoms with Gasteiger partial charge in [0.15, 0.2) is 0 Å². The average molecular weight is 299 g/mol. The summed E-state index contributed by atoms with van der Waals surface area (Å²) in [6.45, 7) is 3.76. The number of aryl methyl sites for hydroxylation is 1. The molecule has 0 fully saturated rings. The quantitative estimate of drug-likeness (QED) is 0.658. The molecule has 5 heteroatoms. The van der Waals surface area contributed by atoms with E-state index in [9.17, 15) is 9.18 Å². The van der Waals surface area contributed by atoms with Crippen molar-refractivity contribution in [2.75, 3.05) is 5.32 Å². The fourth-order valence-electron chi connectivity index (χ4n) is 1.78. The second kappa shape index (κ2) is 7.36. The Balaban J connectivity index is 1.85. The average Bonchev–Trinajstić information content (AvgIpc) is 2.51. The Kier molecular flexibility index (Phi) is 5.25. The number of hydrogen-bond acceptors (Lipinski definition) is 3. The third-order valence-corrected chi connectivity index (χ3v) is 3.09. The van der Waals surface area contributed by atoms with E-state index >= 15 is 0 Å². The number of amides is 1. The molecule has 22 heavy (non-hydrogen) atoms. The molecule has 2 rings (SSSR count). The maximum Gasteiger partial charge on any atom is 0.262 e. The van der Waals surface area contributed by atoms with E-state index in [4.69, 9.17) is 0 Å². The topological polar surface area (TPSA) is 53.5 Å². The SMILES string of the molecule is Cc1ccc(N[C@H](C)C(=O)N/N=C\c2ccc(F)cc2)cc1. The molecule has 1 atom stereocenters. The molecule has 0 unspecified atom stereocenters. The zero-order valence-electron chi connectivity index (χ0n) is 12.5. The molecule has 2 N–H and O–H groups in total. The van der Waals surface area contributed by atoms with Gasteiger partial charge in [-0.2, -0.15) is 5.10 Å².